The highest BCUT2D eigenvalue weighted by Crippen LogP contribution is 2.24. The molecule has 1 rings (SSSR count). The Morgan fingerprint density at radius 3 is 2.82 bits per heavy atom. The van der Waals surface area contributed by atoms with Crippen LogP contribution in [0, 0.1) is 5.92 Å². The second-order valence-electron chi connectivity index (χ2n) is 3.46. The average Bonchev–Trinajstić information content (AvgIpc) is 2.37. The van der Waals surface area contributed by atoms with Gasteiger partial charge < -0.3 is 10.4 Å². The molecule has 0 saturated heterocycles. The Bertz CT molecular complexity index is 106. The quantitative estimate of drug-likeness (QED) is 0.600. The summed E-state index contributed by atoms with van der Waals surface area (Å²) in [5, 5.41) is 12.8. The van der Waals surface area contributed by atoms with Crippen molar-refractivity contribution in [2.24, 2.45) is 5.92 Å². The minimum atomic E-state index is -0.0284. The molecule has 11 heavy (non-hydrogen) atoms. The van der Waals surface area contributed by atoms with Crippen LogP contribution in [0.3, 0.4) is 0 Å². The zero-order valence-electron chi connectivity index (χ0n) is 7.34. The highest BCUT2D eigenvalue weighted by molar-refractivity contribution is 4.77. The van der Waals surface area contributed by atoms with Crippen LogP contribution in [0.5, 0.6) is 0 Å². The van der Waals surface area contributed by atoms with E-state index in [4.69, 9.17) is 0 Å². The van der Waals surface area contributed by atoms with Gasteiger partial charge in [-0.1, -0.05) is 13.3 Å². The lowest BCUT2D eigenvalue weighted by Crippen LogP contribution is -2.28. The maximum absolute atomic E-state index is 9.45. The topological polar surface area (TPSA) is 32.3 Å². The first-order valence-corrected chi connectivity index (χ1v) is 4.73. The third kappa shape index (κ3) is 2.80. The Balaban J connectivity index is 2.05. The summed E-state index contributed by atoms with van der Waals surface area (Å²) in [6.07, 6.45) is 4.58. The van der Waals surface area contributed by atoms with E-state index in [1.165, 1.54) is 19.3 Å². The number of aliphatic hydroxyl groups is 1. The maximum atomic E-state index is 9.45. The second-order valence-corrected chi connectivity index (χ2v) is 3.46. The SMILES string of the molecule is CCCNCC1CCCC1O. The van der Waals surface area contributed by atoms with Crippen molar-refractivity contribution in [2.45, 2.75) is 38.7 Å². The van der Waals surface area contributed by atoms with Gasteiger partial charge in [-0.3, -0.25) is 0 Å². The molecule has 1 fully saturated rings. The molecule has 1 aliphatic carbocycles. The predicted molar refractivity (Wildman–Crippen MR) is 46.5 cm³/mol. The van der Waals surface area contributed by atoms with E-state index in [2.05, 4.69) is 12.2 Å². The molecule has 0 aromatic carbocycles. The molecule has 2 atom stereocenters. The molecule has 0 spiro atoms. The van der Waals surface area contributed by atoms with E-state index in [1.54, 1.807) is 0 Å². The van der Waals surface area contributed by atoms with Gasteiger partial charge in [-0.05, 0) is 31.7 Å². The van der Waals surface area contributed by atoms with Crippen molar-refractivity contribution in [1.82, 2.24) is 5.32 Å². The molecule has 0 aromatic heterocycles. The summed E-state index contributed by atoms with van der Waals surface area (Å²) in [4.78, 5) is 0. The molecule has 0 aromatic rings. The first kappa shape index (κ1) is 9.01. The number of rotatable bonds is 4. The van der Waals surface area contributed by atoms with Gasteiger partial charge in [0.15, 0.2) is 0 Å². The van der Waals surface area contributed by atoms with Crippen molar-refractivity contribution >= 4 is 0 Å². The fraction of sp³-hybridized carbons (Fsp3) is 1.00. The summed E-state index contributed by atoms with van der Waals surface area (Å²) < 4.78 is 0. The smallest absolute Gasteiger partial charge is 0.0580 e. The summed E-state index contributed by atoms with van der Waals surface area (Å²) in [5.74, 6) is 0.529. The van der Waals surface area contributed by atoms with E-state index in [9.17, 15) is 5.11 Å². The Hall–Kier alpha value is -0.0800. The molecule has 2 N–H and O–H groups in total. The average molecular weight is 157 g/mol. The van der Waals surface area contributed by atoms with Crippen LogP contribution < -0.4 is 5.32 Å². The third-order valence-corrected chi connectivity index (χ3v) is 2.45. The Morgan fingerprint density at radius 1 is 1.45 bits per heavy atom. The van der Waals surface area contributed by atoms with Gasteiger partial charge in [0.2, 0.25) is 0 Å². The normalized spacial score (nSPS) is 31.1. The number of aliphatic hydroxyl groups excluding tert-OH is 1. The van der Waals surface area contributed by atoms with Crippen LogP contribution in [0.2, 0.25) is 0 Å². The second kappa shape index (κ2) is 4.73. The fourth-order valence-electron chi connectivity index (χ4n) is 1.72. The van der Waals surface area contributed by atoms with Gasteiger partial charge in [-0.25, -0.2) is 0 Å². The fourth-order valence-corrected chi connectivity index (χ4v) is 1.72. The molecular formula is C9H19NO. The highest BCUT2D eigenvalue weighted by Gasteiger charge is 2.24. The molecule has 0 heterocycles. The zero-order chi connectivity index (χ0) is 8.10. The van der Waals surface area contributed by atoms with Gasteiger partial charge in [-0.2, -0.15) is 0 Å². The molecule has 66 valence electrons. The molecule has 2 nitrogen and oxygen atoms in total. The van der Waals surface area contributed by atoms with Crippen molar-refractivity contribution in [3.63, 3.8) is 0 Å². The van der Waals surface area contributed by atoms with Crippen molar-refractivity contribution < 1.29 is 5.11 Å². The molecule has 0 bridgehead atoms. The van der Waals surface area contributed by atoms with Crippen LogP contribution >= 0.6 is 0 Å². The largest absolute Gasteiger partial charge is 0.393 e. The molecule has 0 radical (unpaired) electrons. The van der Waals surface area contributed by atoms with Crippen LogP contribution in [0.4, 0.5) is 0 Å². The van der Waals surface area contributed by atoms with Gasteiger partial charge in [-0.15, -0.1) is 0 Å². The molecule has 2 heteroatoms. The Kier molecular flexibility index (Phi) is 3.87. The summed E-state index contributed by atoms with van der Waals surface area (Å²) in [5.41, 5.74) is 0. The van der Waals surface area contributed by atoms with Crippen LogP contribution in [0.25, 0.3) is 0 Å². The zero-order valence-corrected chi connectivity index (χ0v) is 7.34. The predicted octanol–water partition coefficient (Wildman–Crippen LogP) is 1.15. The highest BCUT2D eigenvalue weighted by atomic mass is 16.3. The van der Waals surface area contributed by atoms with Crippen molar-refractivity contribution in [3.8, 4) is 0 Å². The molecule has 1 saturated carbocycles. The molecule has 1 aliphatic rings. The van der Waals surface area contributed by atoms with E-state index in [0.717, 1.165) is 19.5 Å². The monoisotopic (exact) mass is 157 g/mol. The standard InChI is InChI=1S/C9H19NO/c1-2-6-10-7-8-4-3-5-9(8)11/h8-11H,2-7H2,1H3. The summed E-state index contributed by atoms with van der Waals surface area (Å²) in [6.45, 7) is 4.26. The number of hydrogen-bond donors (Lipinski definition) is 2. The summed E-state index contributed by atoms with van der Waals surface area (Å²) in [6, 6.07) is 0. The molecule has 2 unspecified atom stereocenters. The molecular weight excluding hydrogens is 138 g/mol. The van der Waals surface area contributed by atoms with E-state index in [1.807, 2.05) is 0 Å². The third-order valence-electron chi connectivity index (χ3n) is 2.45. The number of hydrogen-bond acceptors (Lipinski definition) is 2. The summed E-state index contributed by atoms with van der Waals surface area (Å²) >= 11 is 0. The lowest BCUT2D eigenvalue weighted by Gasteiger charge is -2.14. The lowest BCUT2D eigenvalue weighted by molar-refractivity contribution is 0.132. The van der Waals surface area contributed by atoms with Crippen LogP contribution in [0.1, 0.15) is 32.6 Å². The molecule has 0 aliphatic heterocycles. The van der Waals surface area contributed by atoms with Crippen molar-refractivity contribution in [3.05, 3.63) is 0 Å². The van der Waals surface area contributed by atoms with Crippen LogP contribution in [-0.4, -0.2) is 24.3 Å². The summed E-state index contributed by atoms with van der Waals surface area (Å²) in [7, 11) is 0. The maximum Gasteiger partial charge on any atom is 0.0580 e. The van der Waals surface area contributed by atoms with E-state index >= 15 is 0 Å². The van der Waals surface area contributed by atoms with Gasteiger partial charge >= 0.3 is 0 Å². The minimum absolute atomic E-state index is 0.0284. The molecule has 0 amide bonds. The van der Waals surface area contributed by atoms with Crippen molar-refractivity contribution in [1.29, 1.82) is 0 Å². The first-order valence-electron chi connectivity index (χ1n) is 4.73. The van der Waals surface area contributed by atoms with Gasteiger partial charge in [0.05, 0.1) is 6.10 Å². The van der Waals surface area contributed by atoms with E-state index in [-0.39, 0.29) is 6.10 Å². The van der Waals surface area contributed by atoms with Gasteiger partial charge in [0.25, 0.3) is 0 Å². The Morgan fingerprint density at radius 2 is 2.27 bits per heavy atom. The lowest BCUT2D eigenvalue weighted by atomic mass is 10.1. The minimum Gasteiger partial charge on any atom is -0.393 e. The first-order chi connectivity index (χ1) is 5.34. The van der Waals surface area contributed by atoms with Crippen LogP contribution in [-0.2, 0) is 0 Å². The van der Waals surface area contributed by atoms with Gasteiger partial charge in [0, 0.05) is 6.54 Å². The van der Waals surface area contributed by atoms with E-state index < -0.39 is 0 Å². The van der Waals surface area contributed by atoms with Crippen LogP contribution in [0.15, 0.2) is 0 Å². The van der Waals surface area contributed by atoms with Crippen molar-refractivity contribution in [2.75, 3.05) is 13.1 Å². The Labute approximate surface area is 69.0 Å². The van der Waals surface area contributed by atoms with Gasteiger partial charge in [0.1, 0.15) is 0 Å². The number of nitrogens with one attached hydrogen (secondary N) is 1. The van der Waals surface area contributed by atoms with E-state index in [0.29, 0.717) is 5.92 Å².